The first kappa shape index (κ1) is 26.8. The molecule has 0 atom stereocenters. The molecule has 0 aliphatic carbocycles. The molecule has 3 nitrogen and oxygen atoms in total. The summed E-state index contributed by atoms with van der Waals surface area (Å²) in [5.41, 5.74) is 12.0. The summed E-state index contributed by atoms with van der Waals surface area (Å²) >= 11 is 0. The van der Waals surface area contributed by atoms with Crippen LogP contribution in [0.1, 0.15) is 0 Å². The largest absolute Gasteiger partial charge is 0.309 e. The Bertz CT molecular complexity index is 2410. The van der Waals surface area contributed by atoms with Gasteiger partial charge in [-0.15, -0.1) is 0 Å². The van der Waals surface area contributed by atoms with E-state index in [4.69, 9.17) is 9.97 Å². The van der Waals surface area contributed by atoms with Gasteiger partial charge in [0.05, 0.1) is 11.0 Å². The molecule has 0 amide bonds. The van der Waals surface area contributed by atoms with Crippen LogP contribution in [0.3, 0.4) is 0 Å². The van der Waals surface area contributed by atoms with Crippen LogP contribution >= 0.6 is 0 Å². The maximum absolute atomic E-state index is 4.84. The average molecular weight is 606 g/mol. The van der Waals surface area contributed by atoms with Crippen molar-refractivity contribution >= 4 is 40.3 Å². The SMILES string of the molecule is C[Si]1(C)c2ccc(-c3ccccc3)cc2-c2ccc3c(c21)c1cc(-c2ncc(-c4ccccc4)cn2)ccc1n3-c1ccccc1. The summed E-state index contributed by atoms with van der Waals surface area (Å²) in [4.78, 5) is 9.68. The topological polar surface area (TPSA) is 30.7 Å². The molecule has 0 N–H and O–H groups in total. The van der Waals surface area contributed by atoms with Crippen LogP contribution in [0, 0.1) is 0 Å². The van der Waals surface area contributed by atoms with Crippen LogP contribution in [0.5, 0.6) is 0 Å². The number of aromatic nitrogens is 3. The third kappa shape index (κ3) is 4.04. The molecule has 0 spiro atoms. The zero-order valence-electron chi connectivity index (χ0n) is 25.8. The molecule has 0 radical (unpaired) electrons. The molecule has 0 fully saturated rings. The number of fused-ring (bicyclic) bond motifs is 7. The second-order valence-electron chi connectivity index (χ2n) is 12.7. The van der Waals surface area contributed by atoms with Crippen LogP contribution in [0.4, 0.5) is 0 Å². The average Bonchev–Trinajstić information content (AvgIpc) is 3.57. The summed E-state index contributed by atoms with van der Waals surface area (Å²) in [7, 11) is -2.06. The molecule has 0 saturated heterocycles. The van der Waals surface area contributed by atoms with Crippen molar-refractivity contribution in [1.82, 2.24) is 14.5 Å². The summed E-state index contributed by atoms with van der Waals surface area (Å²) in [6.45, 7) is 5.03. The first-order valence-corrected chi connectivity index (χ1v) is 18.8. The number of rotatable bonds is 4. The normalized spacial score (nSPS) is 13.2. The van der Waals surface area contributed by atoms with E-state index in [9.17, 15) is 0 Å². The smallest absolute Gasteiger partial charge is 0.159 e. The molecular weight excluding hydrogens is 575 g/mol. The highest BCUT2D eigenvalue weighted by atomic mass is 28.3. The predicted octanol–water partition coefficient (Wildman–Crippen LogP) is 9.38. The molecule has 1 aliphatic heterocycles. The van der Waals surface area contributed by atoms with Crippen LogP contribution in [0.2, 0.25) is 13.1 Å². The molecule has 0 unspecified atom stereocenters. The van der Waals surface area contributed by atoms with Crippen molar-refractivity contribution in [3.05, 3.63) is 152 Å². The molecular formula is C42H31N3Si. The number of hydrogen-bond acceptors (Lipinski definition) is 2. The maximum Gasteiger partial charge on any atom is 0.159 e. The van der Waals surface area contributed by atoms with Gasteiger partial charge in [-0.1, -0.05) is 110 Å². The van der Waals surface area contributed by atoms with Gasteiger partial charge in [0.25, 0.3) is 0 Å². The molecule has 1 aliphatic rings. The number of benzene rings is 6. The third-order valence-corrected chi connectivity index (χ3v) is 13.2. The van der Waals surface area contributed by atoms with Gasteiger partial charge in [0, 0.05) is 40.0 Å². The van der Waals surface area contributed by atoms with Gasteiger partial charge < -0.3 is 4.57 Å². The fourth-order valence-corrected chi connectivity index (χ4v) is 10.9. The Kier molecular flexibility index (Phi) is 5.96. The number of para-hydroxylation sites is 1. The molecule has 218 valence electrons. The maximum atomic E-state index is 4.84. The Morgan fingerprint density at radius 1 is 0.500 bits per heavy atom. The van der Waals surface area contributed by atoms with E-state index in [0.29, 0.717) is 0 Å². The molecule has 8 aromatic rings. The summed E-state index contributed by atoms with van der Waals surface area (Å²) in [6.07, 6.45) is 3.87. The lowest BCUT2D eigenvalue weighted by atomic mass is 9.98. The zero-order valence-corrected chi connectivity index (χ0v) is 26.8. The van der Waals surface area contributed by atoms with Gasteiger partial charge in [-0.25, -0.2) is 9.97 Å². The van der Waals surface area contributed by atoms with Gasteiger partial charge in [-0.05, 0) is 80.7 Å². The number of nitrogens with zero attached hydrogens (tertiary/aromatic N) is 3. The van der Waals surface area contributed by atoms with E-state index in [1.54, 1.807) is 0 Å². The van der Waals surface area contributed by atoms with Crippen LogP contribution in [-0.4, -0.2) is 22.6 Å². The minimum absolute atomic E-state index is 0.738. The second-order valence-corrected chi connectivity index (χ2v) is 17.0. The van der Waals surface area contributed by atoms with E-state index in [2.05, 4.69) is 139 Å². The first-order chi connectivity index (χ1) is 22.6. The highest BCUT2D eigenvalue weighted by Crippen LogP contribution is 2.40. The lowest BCUT2D eigenvalue weighted by molar-refractivity contribution is 1.17. The van der Waals surface area contributed by atoms with Gasteiger partial charge in [0.1, 0.15) is 8.07 Å². The van der Waals surface area contributed by atoms with Crippen molar-refractivity contribution in [1.29, 1.82) is 0 Å². The highest BCUT2D eigenvalue weighted by Gasteiger charge is 2.40. The third-order valence-electron chi connectivity index (χ3n) is 9.68. The Labute approximate surface area is 269 Å². The molecule has 6 aromatic carbocycles. The summed E-state index contributed by atoms with van der Waals surface area (Å²) < 4.78 is 2.43. The van der Waals surface area contributed by atoms with Gasteiger partial charge in [-0.2, -0.15) is 0 Å². The molecule has 0 bridgehead atoms. The van der Waals surface area contributed by atoms with Gasteiger partial charge >= 0.3 is 0 Å². The van der Waals surface area contributed by atoms with Crippen LogP contribution in [0.15, 0.2) is 152 Å². The van der Waals surface area contributed by atoms with Crippen LogP contribution in [0.25, 0.3) is 72.3 Å². The monoisotopic (exact) mass is 605 g/mol. The number of hydrogen-bond donors (Lipinski definition) is 0. The van der Waals surface area contributed by atoms with E-state index in [1.165, 1.54) is 60.1 Å². The fraction of sp³-hybridized carbons (Fsp3) is 0.0476. The van der Waals surface area contributed by atoms with Crippen molar-refractivity contribution in [2.45, 2.75) is 13.1 Å². The molecule has 46 heavy (non-hydrogen) atoms. The van der Waals surface area contributed by atoms with Crippen molar-refractivity contribution in [2.75, 3.05) is 0 Å². The minimum Gasteiger partial charge on any atom is -0.309 e. The van der Waals surface area contributed by atoms with Crippen LogP contribution < -0.4 is 10.4 Å². The Hall–Kier alpha value is -5.58. The zero-order chi connectivity index (χ0) is 30.8. The summed E-state index contributed by atoms with van der Waals surface area (Å²) in [5.74, 6) is 0.738. The molecule has 2 aromatic heterocycles. The molecule has 0 saturated carbocycles. The standard InChI is InChI=1S/C42H31N3Si/c1-46(2)39-23-19-30(28-12-6-3-7-13-28)24-35(39)34-20-22-38-40(41(34)46)36-25-31(18-21-37(36)45(38)33-16-10-5-11-17-33)42-43-26-32(27-44-42)29-14-8-4-9-15-29/h3-27H,1-2H3. The van der Waals surface area contributed by atoms with E-state index in [1.807, 2.05) is 30.6 Å². The van der Waals surface area contributed by atoms with E-state index in [-0.39, 0.29) is 0 Å². The second kappa shape index (κ2) is 10.2. The van der Waals surface area contributed by atoms with Crippen LogP contribution in [-0.2, 0) is 0 Å². The lowest BCUT2D eigenvalue weighted by Gasteiger charge is -2.20. The van der Waals surface area contributed by atoms with E-state index < -0.39 is 8.07 Å². The molecule has 4 heteroatoms. The van der Waals surface area contributed by atoms with Crippen molar-refractivity contribution in [2.24, 2.45) is 0 Å². The Balaban J connectivity index is 1.29. The summed E-state index contributed by atoms with van der Waals surface area (Å²) in [5, 5.41) is 5.63. The Morgan fingerprint density at radius 2 is 1.11 bits per heavy atom. The van der Waals surface area contributed by atoms with Gasteiger partial charge in [-0.3, -0.25) is 0 Å². The quantitative estimate of drug-likeness (QED) is 0.187. The fourth-order valence-electron chi connectivity index (χ4n) is 7.49. The molecule has 3 heterocycles. The summed E-state index contributed by atoms with van der Waals surface area (Å²) in [6, 6.07) is 50.3. The molecule has 9 rings (SSSR count). The van der Waals surface area contributed by atoms with Crippen molar-refractivity contribution in [3.8, 4) is 50.5 Å². The van der Waals surface area contributed by atoms with Crippen molar-refractivity contribution < 1.29 is 0 Å². The van der Waals surface area contributed by atoms with Crippen molar-refractivity contribution in [3.63, 3.8) is 0 Å². The lowest BCUT2D eigenvalue weighted by Crippen LogP contribution is -2.49. The Morgan fingerprint density at radius 3 is 1.80 bits per heavy atom. The van der Waals surface area contributed by atoms with Gasteiger partial charge in [0.15, 0.2) is 5.82 Å². The van der Waals surface area contributed by atoms with E-state index >= 15 is 0 Å². The highest BCUT2D eigenvalue weighted by molar-refractivity contribution is 7.05. The first-order valence-electron chi connectivity index (χ1n) is 15.8. The van der Waals surface area contributed by atoms with E-state index in [0.717, 1.165) is 22.5 Å². The minimum atomic E-state index is -2.06. The van der Waals surface area contributed by atoms with Gasteiger partial charge in [0.2, 0.25) is 0 Å². The predicted molar refractivity (Wildman–Crippen MR) is 195 cm³/mol.